The van der Waals surface area contributed by atoms with Gasteiger partial charge in [0, 0.05) is 26.2 Å². The quantitative estimate of drug-likeness (QED) is 0.350. The minimum atomic E-state index is -0.0657. The first kappa shape index (κ1) is 19.1. The van der Waals surface area contributed by atoms with Crippen LogP contribution in [0.1, 0.15) is 64.7 Å². The Morgan fingerprint density at radius 2 is 1.88 bits per heavy atom. The number of nitrogens with zero attached hydrogens (tertiary/aromatic N) is 2. The number of aliphatic imine (C=N–C) groups is 1. The molecule has 1 heterocycles. The first-order chi connectivity index (χ1) is 11.7. The van der Waals surface area contributed by atoms with Gasteiger partial charge in [-0.2, -0.15) is 0 Å². The van der Waals surface area contributed by atoms with Crippen LogP contribution in [0.25, 0.3) is 0 Å². The van der Waals surface area contributed by atoms with Crippen LogP contribution in [-0.2, 0) is 9.53 Å². The fourth-order valence-electron chi connectivity index (χ4n) is 3.96. The Balaban J connectivity index is 1.75. The Morgan fingerprint density at radius 1 is 1.17 bits per heavy atom. The van der Waals surface area contributed by atoms with Crippen molar-refractivity contribution in [2.75, 3.05) is 33.3 Å². The number of carbonyl (C=O) groups excluding carboxylic acids is 1. The largest absolute Gasteiger partial charge is 0.469 e. The Bertz CT molecular complexity index is 397. The molecule has 0 aromatic carbocycles. The molecule has 0 aromatic heterocycles. The normalized spacial score (nSPS) is 20.9. The van der Waals surface area contributed by atoms with Crippen LogP contribution in [0, 0.1) is 11.8 Å². The zero-order valence-electron chi connectivity index (χ0n) is 15.6. The number of likely N-dealkylation sites (tertiary alicyclic amines) is 1. The van der Waals surface area contributed by atoms with Crippen molar-refractivity contribution in [3.05, 3.63) is 0 Å². The summed E-state index contributed by atoms with van der Waals surface area (Å²) in [7, 11) is 1.48. The Kier molecular flexibility index (Phi) is 8.40. The molecule has 1 N–H and O–H groups in total. The summed E-state index contributed by atoms with van der Waals surface area (Å²) in [5, 5.41) is 3.41. The zero-order valence-corrected chi connectivity index (χ0v) is 15.6. The van der Waals surface area contributed by atoms with E-state index in [1.165, 1.54) is 52.1 Å². The van der Waals surface area contributed by atoms with Gasteiger partial charge in [-0.3, -0.25) is 9.79 Å². The van der Waals surface area contributed by atoms with Crippen LogP contribution in [0.15, 0.2) is 4.99 Å². The van der Waals surface area contributed by atoms with Crippen molar-refractivity contribution < 1.29 is 9.53 Å². The van der Waals surface area contributed by atoms with E-state index in [4.69, 9.17) is 9.73 Å². The van der Waals surface area contributed by atoms with E-state index in [0.29, 0.717) is 0 Å². The van der Waals surface area contributed by atoms with Crippen LogP contribution in [0.5, 0.6) is 0 Å². The van der Waals surface area contributed by atoms with Crippen molar-refractivity contribution in [1.29, 1.82) is 0 Å². The van der Waals surface area contributed by atoms with Gasteiger partial charge in [0.15, 0.2) is 5.96 Å². The lowest BCUT2D eigenvalue weighted by atomic mass is 9.86. The van der Waals surface area contributed by atoms with Gasteiger partial charge in [0.25, 0.3) is 0 Å². The second-order valence-corrected chi connectivity index (χ2v) is 7.17. The number of methoxy groups -OCH3 is 1. The summed E-state index contributed by atoms with van der Waals surface area (Å²) in [4.78, 5) is 18.8. The maximum Gasteiger partial charge on any atom is 0.308 e. The molecule has 5 heteroatoms. The molecule has 0 unspecified atom stereocenters. The number of carbonyl (C=O) groups is 1. The second-order valence-electron chi connectivity index (χ2n) is 7.17. The van der Waals surface area contributed by atoms with Crippen molar-refractivity contribution in [3.63, 3.8) is 0 Å². The lowest BCUT2D eigenvalue weighted by molar-refractivity contribution is -0.146. The first-order valence-corrected chi connectivity index (χ1v) is 9.85. The summed E-state index contributed by atoms with van der Waals surface area (Å²) in [5.74, 6) is 1.95. The number of rotatable bonds is 6. The van der Waals surface area contributed by atoms with Gasteiger partial charge in [-0.05, 0) is 38.5 Å². The van der Waals surface area contributed by atoms with Gasteiger partial charge >= 0.3 is 5.97 Å². The molecule has 1 aliphatic carbocycles. The average molecular weight is 338 g/mol. The lowest BCUT2D eigenvalue weighted by Gasteiger charge is -2.33. The maximum atomic E-state index is 11.6. The van der Waals surface area contributed by atoms with E-state index in [-0.39, 0.29) is 11.9 Å². The van der Waals surface area contributed by atoms with Crippen LogP contribution in [0.4, 0.5) is 0 Å². The highest BCUT2D eigenvalue weighted by Gasteiger charge is 2.26. The molecule has 1 saturated heterocycles. The highest BCUT2D eigenvalue weighted by atomic mass is 16.5. The van der Waals surface area contributed by atoms with E-state index in [1.54, 1.807) is 0 Å². The topological polar surface area (TPSA) is 53.9 Å². The summed E-state index contributed by atoms with van der Waals surface area (Å²) < 4.78 is 4.87. The van der Waals surface area contributed by atoms with Crippen LogP contribution < -0.4 is 5.32 Å². The molecule has 0 amide bonds. The maximum absolute atomic E-state index is 11.6. The molecule has 0 atom stereocenters. The number of hydrogen-bond acceptors (Lipinski definition) is 3. The van der Waals surface area contributed by atoms with Gasteiger partial charge in [-0.1, -0.05) is 32.1 Å². The molecule has 0 spiro atoms. The molecule has 5 nitrogen and oxygen atoms in total. The molecule has 2 fully saturated rings. The van der Waals surface area contributed by atoms with Crippen LogP contribution in [0.3, 0.4) is 0 Å². The third-order valence-electron chi connectivity index (χ3n) is 5.42. The van der Waals surface area contributed by atoms with Crippen molar-refractivity contribution in [2.45, 2.75) is 64.7 Å². The summed E-state index contributed by atoms with van der Waals surface area (Å²) in [6.45, 7) is 5.68. The fraction of sp³-hybridized carbons (Fsp3) is 0.895. The van der Waals surface area contributed by atoms with Crippen molar-refractivity contribution in [1.82, 2.24) is 10.2 Å². The minimum Gasteiger partial charge on any atom is -0.469 e. The van der Waals surface area contributed by atoms with Gasteiger partial charge < -0.3 is 15.0 Å². The molecular formula is C19H35N3O2. The van der Waals surface area contributed by atoms with Crippen molar-refractivity contribution in [3.8, 4) is 0 Å². The third-order valence-corrected chi connectivity index (χ3v) is 5.42. The molecule has 0 bridgehead atoms. The lowest BCUT2D eigenvalue weighted by Crippen LogP contribution is -2.46. The summed E-state index contributed by atoms with van der Waals surface area (Å²) in [6.07, 6.45) is 11.4. The van der Waals surface area contributed by atoms with E-state index in [1.807, 2.05) is 0 Å². The van der Waals surface area contributed by atoms with E-state index in [9.17, 15) is 4.79 Å². The number of esters is 1. The predicted molar refractivity (Wildman–Crippen MR) is 98.1 cm³/mol. The number of nitrogens with one attached hydrogen (secondary N) is 1. The molecule has 2 aliphatic rings. The zero-order chi connectivity index (χ0) is 17.2. The van der Waals surface area contributed by atoms with Gasteiger partial charge in [-0.15, -0.1) is 0 Å². The minimum absolute atomic E-state index is 0.0560. The Labute approximate surface area is 147 Å². The molecule has 2 rings (SSSR count). The SMILES string of the molecule is CCNC(=NCCCC1CCCCC1)N1CCC(C(=O)OC)CC1. The van der Waals surface area contributed by atoms with Crippen molar-refractivity contribution in [2.24, 2.45) is 16.8 Å². The Hall–Kier alpha value is -1.26. The van der Waals surface area contributed by atoms with E-state index in [0.717, 1.165) is 50.9 Å². The smallest absolute Gasteiger partial charge is 0.308 e. The standard InChI is InChI=1S/C19H35N3O2/c1-3-20-19(21-13-7-10-16-8-5-4-6-9-16)22-14-11-17(12-15-22)18(23)24-2/h16-17H,3-15H2,1-2H3,(H,20,21). The molecule has 1 saturated carbocycles. The fourth-order valence-corrected chi connectivity index (χ4v) is 3.96. The van der Waals surface area contributed by atoms with Crippen LogP contribution >= 0.6 is 0 Å². The molecule has 24 heavy (non-hydrogen) atoms. The molecule has 138 valence electrons. The van der Waals surface area contributed by atoms with Crippen molar-refractivity contribution >= 4 is 11.9 Å². The molecule has 0 radical (unpaired) electrons. The number of ether oxygens (including phenoxy) is 1. The summed E-state index contributed by atoms with van der Waals surface area (Å²) in [5.41, 5.74) is 0. The van der Waals surface area contributed by atoms with E-state index < -0.39 is 0 Å². The van der Waals surface area contributed by atoms with Gasteiger partial charge in [0.1, 0.15) is 0 Å². The van der Waals surface area contributed by atoms with Crippen LogP contribution in [-0.4, -0.2) is 50.1 Å². The summed E-state index contributed by atoms with van der Waals surface area (Å²) in [6, 6.07) is 0. The number of guanidine groups is 1. The molecular weight excluding hydrogens is 302 g/mol. The van der Waals surface area contributed by atoms with Gasteiger partial charge in [0.05, 0.1) is 13.0 Å². The Morgan fingerprint density at radius 3 is 2.50 bits per heavy atom. The molecule has 1 aliphatic heterocycles. The number of hydrogen-bond donors (Lipinski definition) is 1. The van der Waals surface area contributed by atoms with Gasteiger partial charge in [-0.25, -0.2) is 0 Å². The summed E-state index contributed by atoms with van der Waals surface area (Å²) >= 11 is 0. The highest BCUT2D eigenvalue weighted by Crippen LogP contribution is 2.27. The third kappa shape index (κ3) is 5.99. The second kappa shape index (κ2) is 10.6. The average Bonchev–Trinajstić information content (AvgIpc) is 2.64. The monoisotopic (exact) mass is 337 g/mol. The predicted octanol–water partition coefficient (Wildman–Crippen LogP) is 3.20. The first-order valence-electron chi connectivity index (χ1n) is 9.85. The highest BCUT2D eigenvalue weighted by molar-refractivity contribution is 5.80. The van der Waals surface area contributed by atoms with E-state index >= 15 is 0 Å². The molecule has 0 aromatic rings. The van der Waals surface area contributed by atoms with E-state index in [2.05, 4.69) is 17.1 Å². The van der Waals surface area contributed by atoms with Gasteiger partial charge in [0.2, 0.25) is 0 Å². The van der Waals surface area contributed by atoms with Crippen LogP contribution in [0.2, 0.25) is 0 Å². The number of piperidine rings is 1.